The summed E-state index contributed by atoms with van der Waals surface area (Å²) < 4.78 is 9.83. The Morgan fingerprint density at radius 3 is 2.46 bits per heavy atom. The maximum atomic E-state index is 13.9. The molecule has 1 aromatic carbocycles. The van der Waals surface area contributed by atoms with Crippen molar-refractivity contribution in [2.24, 2.45) is 5.73 Å². The van der Waals surface area contributed by atoms with Crippen LogP contribution in [0.5, 0.6) is 0 Å². The Labute approximate surface area is 207 Å². The summed E-state index contributed by atoms with van der Waals surface area (Å²) in [7, 11) is 0. The van der Waals surface area contributed by atoms with Crippen molar-refractivity contribution in [1.82, 2.24) is 14.6 Å². The van der Waals surface area contributed by atoms with Gasteiger partial charge in [0.1, 0.15) is 16.4 Å². The lowest BCUT2D eigenvalue weighted by molar-refractivity contribution is -0.127. The summed E-state index contributed by atoms with van der Waals surface area (Å²) >= 11 is 0.787. The molecule has 1 saturated carbocycles. The minimum atomic E-state index is -1.04. The molecular weight excluding hydrogens is 466 g/mol. The lowest BCUT2D eigenvalue weighted by Crippen LogP contribution is -2.46. The molecule has 9 nitrogen and oxygen atoms in total. The van der Waals surface area contributed by atoms with E-state index in [9.17, 15) is 14.4 Å². The Morgan fingerprint density at radius 1 is 1.14 bits per heavy atom. The second-order valence-corrected chi connectivity index (χ2v) is 9.52. The number of anilines is 1. The van der Waals surface area contributed by atoms with Gasteiger partial charge in [0.05, 0.1) is 5.69 Å². The first-order chi connectivity index (χ1) is 16.8. The molecule has 2 heterocycles. The smallest absolute Gasteiger partial charge is 0.270 e. The van der Waals surface area contributed by atoms with E-state index in [0.29, 0.717) is 11.5 Å². The zero-order valence-corrected chi connectivity index (χ0v) is 20.3. The number of nitrogen functional groups attached to an aromatic ring is 1. The molecule has 5 N–H and O–H groups in total. The summed E-state index contributed by atoms with van der Waals surface area (Å²) in [4.78, 5) is 40.7. The molecule has 35 heavy (non-hydrogen) atoms. The number of nitrogens with one attached hydrogen (secondary N) is 1. The van der Waals surface area contributed by atoms with Gasteiger partial charge in [0, 0.05) is 12.6 Å². The number of amides is 3. The number of primary amides is 1. The molecule has 1 unspecified atom stereocenters. The minimum Gasteiger partial charge on any atom is -0.464 e. The zero-order valence-electron chi connectivity index (χ0n) is 19.5. The number of nitrogens with zero attached hydrogens (tertiary/aromatic N) is 2. The van der Waals surface area contributed by atoms with Gasteiger partial charge in [-0.15, -0.1) is 0 Å². The summed E-state index contributed by atoms with van der Waals surface area (Å²) in [5.74, 6) is -0.710. The van der Waals surface area contributed by atoms with E-state index >= 15 is 0 Å². The predicted octanol–water partition coefficient (Wildman–Crippen LogP) is 3.56. The van der Waals surface area contributed by atoms with Gasteiger partial charge >= 0.3 is 0 Å². The summed E-state index contributed by atoms with van der Waals surface area (Å²) in [5, 5.41) is 3.13. The van der Waals surface area contributed by atoms with Crippen LogP contribution in [0.2, 0.25) is 0 Å². The molecule has 4 rings (SSSR count). The average molecular weight is 496 g/mol. The highest BCUT2D eigenvalue weighted by Gasteiger charge is 2.37. The van der Waals surface area contributed by atoms with Crippen LogP contribution in [0.15, 0.2) is 46.9 Å². The number of carbonyl (C=O) groups excluding carboxylic acids is 3. The Kier molecular flexibility index (Phi) is 7.50. The van der Waals surface area contributed by atoms with E-state index in [0.717, 1.165) is 49.2 Å². The topological polar surface area (TPSA) is 145 Å². The minimum absolute atomic E-state index is 0.0402. The largest absolute Gasteiger partial charge is 0.464 e. The van der Waals surface area contributed by atoms with Crippen molar-refractivity contribution in [2.45, 2.75) is 57.7 Å². The fourth-order valence-electron chi connectivity index (χ4n) is 4.37. The van der Waals surface area contributed by atoms with Crippen molar-refractivity contribution >= 4 is 34.9 Å². The normalized spacial score (nSPS) is 14.9. The van der Waals surface area contributed by atoms with Crippen LogP contribution in [-0.2, 0) is 11.3 Å². The zero-order chi connectivity index (χ0) is 24.9. The highest BCUT2D eigenvalue weighted by molar-refractivity contribution is 7.09. The van der Waals surface area contributed by atoms with Crippen LogP contribution >= 0.6 is 11.5 Å². The molecule has 1 aliphatic rings. The maximum Gasteiger partial charge on any atom is 0.270 e. The summed E-state index contributed by atoms with van der Waals surface area (Å²) in [6, 6.07) is 11.8. The Bertz CT molecular complexity index is 1200. The number of aromatic nitrogens is 1. The van der Waals surface area contributed by atoms with Gasteiger partial charge in [-0.3, -0.25) is 14.4 Å². The van der Waals surface area contributed by atoms with E-state index in [1.54, 1.807) is 19.1 Å². The molecule has 1 atom stereocenters. The molecule has 0 radical (unpaired) electrons. The van der Waals surface area contributed by atoms with Crippen LogP contribution in [0.4, 0.5) is 5.69 Å². The van der Waals surface area contributed by atoms with Crippen molar-refractivity contribution in [3.05, 3.63) is 70.1 Å². The first kappa shape index (κ1) is 24.5. The number of furan rings is 1. The molecule has 1 fully saturated rings. The van der Waals surface area contributed by atoms with Crippen LogP contribution in [0, 0.1) is 6.92 Å². The summed E-state index contributed by atoms with van der Waals surface area (Å²) in [6.45, 7) is 1.90. The van der Waals surface area contributed by atoms with Crippen LogP contribution in [0.3, 0.4) is 0 Å². The maximum absolute atomic E-state index is 13.9. The fraction of sp³-hybridized carbons (Fsp3) is 0.360. The second-order valence-electron chi connectivity index (χ2n) is 8.75. The van der Waals surface area contributed by atoms with Crippen molar-refractivity contribution < 1.29 is 18.8 Å². The molecule has 0 bridgehead atoms. The van der Waals surface area contributed by atoms with Gasteiger partial charge in [-0.2, -0.15) is 4.37 Å². The number of hydrogen-bond acceptors (Lipinski definition) is 7. The van der Waals surface area contributed by atoms with Crippen LogP contribution < -0.4 is 16.8 Å². The molecule has 10 heteroatoms. The van der Waals surface area contributed by atoms with Gasteiger partial charge in [0.25, 0.3) is 17.7 Å². The highest BCUT2D eigenvalue weighted by atomic mass is 32.1. The average Bonchev–Trinajstić information content (AvgIpc) is 3.45. The first-order valence-corrected chi connectivity index (χ1v) is 12.4. The molecule has 0 aliphatic heterocycles. The van der Waals surface area contributed by atoms with Crippen LogP contribution in [-0.4, -0.2) is 33.0 Å². The second kappa shape index (κ2) is 10.7. The van der Waals surface area contributed by atoms with Gasteiger partial charge in [-0.25, -0.2) is 0 Å². The van der Waals surface area contributed by atoms with E-state index in [1.165, 1.54) is 4.90 Å². The molecule has 3 aromatic rings. The van der Waals surface area contributed by atoms with Crippen molar-refractivity contribution in [2.75, 3.05) is 5.73 Å². The van der Waals surface area contributed by atoms with Gasteiger partial charge in [0.15, 0.2) is 11.7 Å². The van der Waals surface area contributed by atoms with E-state index in [4.69, 9.17) is 15.9 Å². The quantitative estimate of drug-likeness (QED) is 0.436. The van der Waals surface area contributed by atoms with E-state index < -0.39 is 17.9 Å². The van der Waals surface area contributed by atoms with E-state index in [2.05, 4.69) is 9.69 Å². The van der Waals surface area contributed by atoms with Gasteiger partial charge in [0.2, 0.25) is 0 Å². The summed E-state index contributed by atoms with van der Waals surface area (Å²) in [6.07, 6.45) is 5.04. The molecule has 0 saturated heterocycles. The third-order valence-corrected chi connectivity index (χ3v) is 7.01. The third kappa shape index (κ3) is 5.54. The number of carbonyl (C=O) groups is 3. The third-order valence-electron chi connectivity index (χ3n) is 6.15. The van der Waals surface area contributed by atoms with Gasteiger partial charge < -0.3 is 26.1 Å². The van der Waals surface area contributed by atoms with E-state index in [-0.39, 0.29) is 34.8 Å². The van der Waals surface area contributed by atoms with Crippen molar-refractivity contribution in [3.63, 3.8) is 0 Å². The molecule has 2 aromatic heterocycles. The van der Waals surface area contributed by atoms with Gasteiger partial charge in [-0.1, -0.05) is 49.6 Å². The number of benzene rings is 1. The first-order valence-electron chi connectivity index (χ1n) is 11.6. The Balaban J connectivity index is 1.75. The fourth-order valence-corrected chi connectivity index (χ4v) is 5.13. The van der Waals surface area contributed by atoms with Crippen molar-refractivity contribution in [3.8, 4) is 0 Å². The monoisotopic (exact) mass is 495 g/mol. The highest BCUT2D eigenvalue weighted by Crippen LogP contribution is 2.31. The molecule has 0 spiro atoms. The lowest BCUT2D eigenvalue weighted by Gasteiger charge is -2.32. The van der Waals surface area contributed by atoms with Crippen LogP contribution in [0.1, 0.15) is 75.4 Å². The molecule has 3 amide bonds. The summed E-state index contributed by atoms with van der Waals surface area (Å²) in [5.41, 5.74) is 12.0. The molecule has 1 aliphatic carbocycles. The van der Waals surface area contributed by atoms with Gasteiger partial charge in [-0.05, 0) is 49.0 Å². The SMILES string of the molecule is Cc1ccc(C(C(=O)NC2CCCCC2)N(Cc2ccccc2)C(=O)c2snc(C(N)=O)c2N)o1. The molecular formula is C25H29N5O4S. The number of hydrogen-bond donors (Lipinski definition) is 3. The standard InChI is InChI=1S/C25H29N5O4S/c1-15-12-13-18(34-15)21(24(32)28-17-10-6-3-7-11-17)30(14-16-8-4-2-5-9-16)25(33)22-19(26)20(23(27)31)29-35-22/h2,4-5,8-9,12-13,17,21H,3,6-7,10-11,14,26H2,1H3,(H2,27,31)(H,28,32). The lowest BCUT2D eigenvalue weighted by atomic mass is 9.95. The van der Waals surface area contributed by atoms with Crippen LogP contribution in [0.25, 0.3) is 0 Å². The van der Waals surface area contributed by atoms with E-state index in [1.807, 2.05) is 30.3 Å². The molecule has 184 valence electrons. The Hall–Kier alpha value is -3.66. The predicted molar refractivity (Wildman–Crippen MR) is 133 cm³/mol. The van der Waals surface area contributed by atoms with Crippen molar-refractivity contribution in [1.29, 1.82) is 0 Å². The number of aryl methyl sites for hydroxylation is 1. The number of rotatable bonds is 8. The Morgan fingerprint density at radius 2 is 1.86 bits per heavy atom. The number of nitrogens with two attached hydrogens (primary N) is 2.